The Bertz CT molecular complexity index is 611. The number of hydrogen-bond donors (Lipinski definition) is 1. The molecule has 1 atom stereocenters. The van der Waals surface area contributed by atoms with Crippen LogP contribution < -0.4 is 5.32 Å². The van der Waals surface area contributed by atoms with Crippen molar-refractivity contribution in [2.24, 2.45) is 0 Å². The number of aromatic nitrogens is 4. The van der Waals surface area contributed by atoms with Crippen LogP contribution in [0.3, 0.4) is 0 Å². The summed E-state index contributed by atoms with van der Waals surface area (Å²) in [4.78, 5) is 0. The van der Waals surface area contributed by atoms with Crippen molar-refractivity contribution >= 4 is 0 Å². The number of fused-ring (bicyclic) bond motifs is 1. The number of nitrogens with one attached hydrogen (secondary N) is 1. The Balaban J connectivity index is 1.75. The van der Waals surface area contributed by atoms with Crippen LogP contribution in [0.25, 0.3) is 0 Å². The Hall–Kier alpha value is -1.75. The summed E-state index contributed by atoms with van der Waals surface area (Å²) < 4.78 is 2.01. The summed E-state index contributed by atoms with van der Waals surface area (Å²) in [6.45, 7) is 7.16. The smallest absolute Gasteiger partial charge is 0.165 e. The van der Waals surface area contributed by atoms with E-state index in [4.69, 9.17) is 0 Å². The molecule has 1 aromatic heterocycles. The van der Waals surface area contributed by atoms with Crippen LogP contribution in [0, 0.1) is 0 Å². The molecular weight excluding hydrogens is 262 g/mol. The van der Waals surface area contributed by atoms with Crippen molar-refractivity contribution in [1.82, 2.24) is 25.5 Å². The number of tetrazole rings is 1. The minimum atomic E-state index is 0.0654. The zero-order valence-electron chi connectivity index (χ0n) is 13.0. The van der Waals surface area contributed by atoms with Gasteiger partial charge in [0, 0.05) is 5.54 Å². The molecule has 1 aromatic carbocycles. The van der Waals surface area contributed by atoms with Crippen LogP contribution in [0.5, 0.6) is 0 Å². The lowest BCUT2D eigenvalue weighted by atomic mass is 9.88. The highest BCUT2D eigenvalue weighted by Crippen LogP contribution is 2.28. The van der Waals surface area contributed by atoms with Crippen LogP contribution in [0.2, 0.25) is 0 Å². The molecule has 0 fully saturated rings. The minimum absolute atomic E-state index is 0.0654. The largest absolute Gasteiger partial charge is 0.305 e. The van der Waals surface area contributed by atoms with Gasteiger partial charge in [-0.15, -0.1) is 5.10 Å². The van der Waals surface area contributed by atoms with Gasteiger partial charge in [-0.1, -0.05) is 24.3 Å². The van der Waals surface area contributed by atoms with Crippen molar-refractivity contribution in [3.8, 4) is 0 Å². The van der Waals surface area contributed by atoms with E-state index >= 15 is 0 Å². The van der Waals surface area contributed by atoms with E-state index in [2.05, 4.69) is 65.9 Å². The average molecular weight is 285 g/mol. The molecule has 1 N–H and O–H groups in total. The number of rotatable bonds is 3. The lowest BCUT2D eigenvalue weighted by molar-refractivity contribution is 0.362. The maximum absolute atomic E-state index is 4.23. The van der Waals surface area contributed by atoms with Gasteiger partial charge < -0.3 is 5.32 Å². The average Bonchev–Trinajstić information content (AvgIpc) is 2.92. The van der Waals surface area contributed by atoms with Gasteiger partial charge in [0.15, 0.2) is 5.82 Å². The first kappa shape index (κ1) is 14.2. The van der Waals surface area contributed by atoms with Gasteiger partial charge in [-0.3, -0.25) is 0 Å². The third-order valence-corrected chi connectivity index (χ3v) is 4.00. The molecule has 1 aliphatic rings. The Morgan fingerprint density at radius 2 is 2.00 bits per heavy atom. The second-order valence-corrected chi connectivity index (χ2v) is 6.81. The van der Waals surface area contributed by atoms with E-state index in [1.54, 1.807) is 0 Å². The van der Waals surface area contributed by atoms with E-state index < -0.39 is 0 Å². The van der Waals surface area contributed by atoms with Crippen LogP contribution in [-0.2, 0) is 19.4 Å². The highest BCUT2D eigenvalue weighted by atomic mass is 15.6. The van der Waals surface area contributed by atoms with E-state index in [9.17, 15) is 0 Å². The highest BCUT2D eigenvalue weighted by molar-refractivity contribution is 5.30. The summed E-state index contributed by atoms with van der Waals surface area (Å²) in [5.41, 5.74) is 2.96. The maximum atomic E-state index is 4.23. The molecule has 1 heterocycles. The first-order valence-corrected chi connectivity index (χ1v) is 7.61. The highest BCUT2D eigenvalue weighted by Gasteiger charge is 2.23. The predicted octanol–water partition coefficient (Wildman–Crippen LogP) is 2.29. The standard InChI is InChI=1S/C16H23N5/c1-16(2,3)17-11-15-18-19-20-21(15)14-9-8-12-6-4-5-7-13(12)10-14/h4-7,14,17H,8-11H2,1-3H3. The summed E-state index contributed by atoms with van der Waals surface area (Å²) in [7, 11) is 0. The maximum Gasteiger partial charge on any atom is 0.165 e. The van der Waals surface area contributed by atoms with Gasteiger partial charge in [-0.05, 0) is 61.6 Å². The van der Waals surface area contributed by atoms with E-state index in [-0.39, 0.29) is 5.54 Å². The molecular formula is C16H23N5. The zero-order chi connectivity index (χ0) is 14.9. The quantitative estimate of drug-likeness (QED) is 0.940. The second-order valence-electron chi connectivity index (χ2n) is 6.81. The van der Waals surface area contributed by atoms with Crippen molar-refractivity contribution < 1.29 is 0 Å². The lowest BCUT2D eigenvalue weighted by Gasteiger charge is -2.26. The number of nitrogens with zero attached hydrogens (tertiary/aromatic N) is 4. The van der Waals surface area contributed by atoms with Gasteiger partial charge in [0.1, 0.15) is 0 Å². The van der Waals surface area contributed by atoms with E-state index in [1.165, 1.54) is 11.1 Å². The van der Waals surface area contributed by atoms with E-state index in [0.717, 1.165) is 25.1 Å². The van der Waals surface area contributed by atoms with Crippen molar-refractivity contribution in [1.29, 1.82) is 0 Å². The topological polar surface area (TPSA) is 55.6 Å². The first-order chi connectivity index (χ1) is 10.0. The molecule has 0 radical (unpaired) electrons. The minimum Gasteiger partial charge on any atom is -0.305 e. The van der Waals surface area contributed by atoms with Crippen LogP contribution in [-0.4, -0.2) is 25.7 Å². The Morgan fingerprint density at radius 3 is 2.76 bits per heavy atom. The number of benzene rings is 1. The molecule has 0 aliphatic heterocycles. The molecule has 112 valence electrons. The molecule has 5 nitrogen and oxygen atoms in total. The Labute approximate surface area is 125 Å². The first-order valence-electron chi connectivity index (χ1n) is 7.61. The molecule has 1 aliphatic carbocycles. The molecule has 0 bridgehead atoms. The normalized spacial score (nSPS) is 18.5. The predicted molar refractivity (Wildman–Crippen MR) is 81.9 cm³/mol. The third-order valence-electron chi connectivity index (χ3n) is 4.00. The zero-order valence-corrected chi connectivity index (χ0v) is 13.0. The Morgan fingerprint density at radius 1 is 1.24 bits per heavy atom. The lowest BCUT2D eigenvalue weighted by Crippen LogP contribution is -2.36. The molecule has 1 unspecified atom stereocenters. The van der Waals surface area contributed by atoms with Gasteiger partial charge >= 0.3 is 0 Å². The molecule has 0 spiro atoms. The fourth-order valence-corrected chi connectivity index (χ4v) is 2.84. The van der Waals surface area contributed by atoms with E-state index in [1.807, 2.05) is 4.68 Å². The molecule has 0 amide bonds. The van der Waals surface area contributed by atoms with E-state index in [0.29, 0.717) is 12.6 Å². The Kier molecular flexibility index (Phi) is 3.76. The number of aryl methyl sites for hydroxylation is 1. The van der Waals surface area contributed by atoms with Gasteiger partial charge in [0.25, 0.3) is 0 Å². The molecule has 2 aromatic rings. The summed E-state index contributed by atoms with van der Waals surface area (Å²) in [5.74, 6) is 0.925. The summed E-state index contributed by atoms with van der Waals surface area (Å²) in [6.07, 6.45) is 3.22. The molecule has 0 saturated heterocycles. The molecule has 3 rings (SSSR count). The van der Waals surface area contributed by atoms with Gasteiger partial charge in [0.05, 0.1) is 12.6 Å². The summed E-state index contributed by atoms with van der Waals surface area (Å²) in [5, 5.41) is 15.8. The van der Waals surface area contributed by atoms with Crippen molar-refractivity contribution in [2.45, 2.75) is 58.2 Å². The van der Waals surface area contributed by atoms with Crippen molar-refractivity contribution in [2.75, 3.05) is 0 Å². The molecule has 21 heavy (non-hydrogen) atoms. The van der Waals surface area contributed by atoms with Crippen LogP contribution >= 0.6 is 0 Å². The summed E-state index contributed by atoms with van der Waals surface area (Å²) >= 11 is 0. The van der Waals surface area contributed by atoms with Crippen LogP contribution in [0.4, 0.5) is 0 Å². The molecule has 0 saturated carbocycles. The third kappa shape index (κ3) is 3.29. The number of hydrogen-bond acceptors (Lipinski definition) is 4. The van der Waals surface area contributed by atoms with Gasteiger partial charge in [-0.25, -0.2) is 4.68 Å². The second kappa shape index (κ2) is 5.56. The van der Waals surface area contributed by atoms with Crippen LogP contribution in [0.1, 0.15) is 50.2 Å². The summed E-state index contributed by atoms with van der Waals surface area (Å²) in [6, 6.07) is 9.05. The fraction of sp³-hybridized carbons (Fsp3) is 0.562. The monoisotopic (exact) mass is 285 g/mol. The molecule has 5 heteroatoms. The van der Waals surface area contributed by atoms with Crippen molar-refractivity contribution in [3.63, 3.8) is 0 Å². The fourth-order valence-electron chi connectivity index (χ4n) is 2.84. The van der Waals surface area contributed by atoms with Gasteiger partial charge in [-0.2, -0.15) is 0 Å². The van der Waals surface area contributed by atoms with Crippen LogP contribution in [0.15, 0.2) is 24.3 Å². The van der Waals surface area contributed by atoms with Crippen molar-refractivity contribution in [3.05, 3.63) is 41.2 Å². The SMILES string of the molecule is CC(C)(C)NCc1nnnn1C1CCc2ccccc2C1. The van der Waals surface area contributed by atoms with Gasteiger partial charge in [0.2, 0.25) is 0 Å².